The van der Waals surface area contributed by atoms with Crippen molar-refractivity contribution in [3.05, 3.63) is 0 Å². The van der Waals surface area contributed by atoms with Crippen molar-refractivity contribution in [2.24, 2.45) is 23.2 Å². The Morgan fingerprint density at radius 2 is 1.60 bits per heavy atom. The molecule has 144 valence electrons. The topological polar surface area (TPSA) is 74.6 Å². The van der Waals surface area contributed by atoms with Crippen molar-refractivity contribution in [3.8, 4) is 0 Å². The molecular formula is C21H36O4. The lowest BCUT2D eigenvalue weighted by atomic mass is 9.52. The Balaban J connectivity index is 2.21. The molecule has 2 rings (SSSR count). The van der Waals surface area contributed by atoms with Crippen LogP contribution >= 0.6 is 0 Å². The number of hydrogen-bond acceptors (Lipinski definition) is 2. The maximum atomic E-state index is 12.5. The largest absolute Gasteiger partial charge is 0.481 e. The van der Waals surface area contributed by atoms with Gasteiger partial charge in [0.05, 0.1) is 11.3 Å². The highest BCUT2D eigenvalue weighted by Crippen LogP contribution is 2.55. The fourth-order valence-corrected chi connectivity index (χ4v) is 5.65. The van der Waals surface area contributed by atoms with Gasteiger partial charge in [-0.3, -0.25) is 9.59 Å². The molecule has 0 aromatic rings. The van der Waals surface area contributed by atoms with E-state index in [1.807, 2.05) is 0 Å². The first-order valence-corrected chi connectivity index (χ1v) is 10.5. The summed E-state index contributed by atoms with van der Waals surface area (Å²) >= 11 is 0. The maximum absolute atomic E-state index is 12.5. The van der Waals surface area contributed by atoms with Crippen molar-refractivity contribution in [1.82, 2.24) is 0 Å². The first-order chi connectivity index (χ1) is 12.0. The van der Waals surface area contributed by atoms with Crippen molar-refractivity contribution < 1.29 is 19.8 Å². The van der Waals surface area contributed by atoms with E-state index < -0.39 is 23.3 Å². The fourth-order valence-electron chi connectivity index (χ4n) is 5.65. The predicted molar refractivity (Wildman–Crippen MR) is 98.5 cm³/mol. The molecule has 25 heavy (non-hydrogen) atoms. The number of rotatable bonds is 9. The summed E-state index contributed by atoms with van der Waals surface area (Å²) in [5, 5.41) is 20.0. The minimum absolute atomic E-state index is 0.168. The number of hydrogen-bond donors (Lipinski definition) is 2. The van der Waals surface area contributed by atoms with E-state index in [0.717, 1.165) is 51.4 Å². The molecule has 0 aromatic heterocycles. The molecule has 3 atom stereocenters. The first kappa shape index (κ1) is 20.3. The number of unbranched alkanes of at least 4 members (excludes halogenated alkanes) is 4. The molecule has 2 fully saturated rings. The summed E-state index contributed by atoms with van der Waals surface area (Å²) in [6.45, 7) is 2.18. The van der Waals surface area contributed by atoms with Crippen molar-refractivity contribution in [1.29, 1.82) is 0 Å². The van der Waals surface area contributed by atoms with E-state index in [9.17, 15) is 19.8 Å². The smallest absolute Gasteiger partial charge is 0.310 e. The average molecular weight is 353 g/mol. The van der Waals surface area contributed by atoms with Gasteiger partial charge < -0.3 is 10.2 Å². The summed E-state index contributed by atoms with van der Waals surface area (Å²) in [5.41, 5.74) is -0.799. The van der Waals surface area contributed by atoms with E-state index in [0.29, 0.717) is 12.8 Å². The second-order valence-corrected chi connectivity index (χ2v) is 8.33. The lowest BCUT2D eigenvalue weighted by Crippen LogP contribution is -2.52. The van der Waals surface area contributed by atoms with Crippen molar-refractivity contribution in [3.63, 3.8) is 0 Å². The molecule has 0 heterocycles. The summed E-state index contributed by atoms with van der Waals surface area (Å²) in [4.78, 5) is 24.4. The predicted octanol–water partition coefficient (Wildman–Crippen LogP) is 5.50. The molecular weight excluding hydrogens is 316 g/mol. The Hall–Kier alpha value is -1.06. The quantitative estimate of drug-likeness (QED) is 0.537. The van der Waals surface area contributed by atoms with Crippen molar-refractivity contribution in [2.45, 2.75) is 96.8 Å². The summed E-state index contributed by atoms with van der Waals surface area (Å²) in [6.07, 6.45) is 13.8. The Morgan fingerprint density at radius 1 is 0.920 bits per heavy atom. The SMILES string of the molecule is CCCCCCCC1C(C(=O)O)CCCC1(C(=O)O)C1CCCCC1. The monoisotopic (exact) mass is 352 g/mol. The summed E-state index contributed by atoms with van der Waals surface area (Å²) < 4.78 is 0. The van der Waals surface area contributed by atoms with E-state index in [-0.39, 0.29) is 11.8 Å². The Bertz CT molecular complexity index is 441. The minimum atomic E-state index is -0.799. The van der Waals surface area contributed by atoms with Crippen LogP contribution < -0.4 is 0 Å². The van der Waals surface area contributed by atoms with E-state index in [1.54, 1.807) is 0 Å². The summed E-state index contributed by atoms with van der Waals surface area (Å²) in [7, 11) is 0. The van der Waals surface area contributed by atoms with Crippen LogP contribution in [0.15, 0.2) is 0 Å². The summed E-state index contributed by atoms with van der Waals surface area (Å²) in [5.74, 6) is -2.00. The van der Waals surface area contributed by atoms with Gasteiger partial charge in [-0.1, -0.05) is 64.7 Å². The van der Waals surface area contributed by atoms with Gasteiger partial charge in [0.25, 0.3) is 0 Å². The van der Waals surface area contributed by atoms with Crippen LogP contribution in [0.25, 0.3) is 0 Å². The molecule has 0 radical (unpaired) electrons. The molecule has 0 bridgehead atoms. The van der Waals surface area contributed by atoms with Crippen molar-refractivity contribution >= 4 is 11.9 Å². The van der Waals surface area contributed by atoms with Gasteiger partial charge in [0.2, 0.25) is 0 Å². The standard InChI is InChI=1S/C21H36O4/c1-2-3-4-5-9-14-18-17(19(22)23)13-10-15-21(18,20(24)25)16-11-7-6-8-12-16/h16-18H,2-15H2,1H3,(H,22,23)(H,24,25). The van der Waals surface area contributed by atoms with Gasteiger partial charge in [-0.15, -0.1) is 0 Å². The molecule has 2 aliphatic rings. The fraction of sp³-hybridized carbons (Fsp3) is 0.905. The molecule has 0 saturated heterocycles. The molecule has 4 nitrogen and oxygen atoms in total. The minimum Gasteiger partial charge on any atom is -0.481 e. The Kier molecular flexibility index (Phi) is 7.77. The lowest BCUT2D eigenvalue weighted by molar-refractivity contribution is -0.171. The Morgan fingerprint density at radius 3 is 2.20 bits per heavy atom. The molecule has 2 N–H and O–H groups in total. The number of aliphatic carboxylic acids is 2. The number of carboxylic acids is 2. The van der Waals surface area contributed by atoms with Crippen molar-refractivity contribution in [2.75, 3.05) is 0 Å². The number of carboxylic acid groups (broad SMARTS) is 2. The maximum Gasteiger partial charge on any atom is 0.310 e. The van der Waals surface area contributed by atoms with Crippen LogP contribution in [0.5, 0.6) is 0 Å². The van der Waals surface area contributed by atoms with E-state index in [2.05, 4.69) is 6.92 Å². The zero-order chi connectivity index (χ0) is 18.3. The van der Waals surface area contributed by atoms with Crippen LogP contribution in [0.4, 0.5) is 0 Å². The van der Waals surface area contributed by atoms with Gasteiger partial charge in [-0.2, -0.15) is 0 Å². The molecule has 3 unspecified atom stereocenters. The highest BCUT2D eigenvalue weighted by atomic mass is 16.4. The van der Waals surface area contributed by atoms with Gasteiger partial charge in [0.1, 0.15) is 0 Å². The lowest BCUT2D eigenvalue weighted by Gasteiger charge is -2.50. The third-order valence-electron chi connectivity index (χ3n) is 6.92. The molecule has 0 aromatic carbocycles. The van der Waals surface area contributed by atoms with Gasteiger partial charge >= 0.3 is 11.9 Å². The van der Waals surface area contributed by atoms with Gasteiger partial charge in [0, 0.05) is 0 Å². The molecule has 0 aliphatic heterocycles. The molecule has 0 spiro atoms. The molecule has 2 aliphatic carbocycles. The molecule has 2 saturated carbocycles. The third-order valence-corrected chi connectivity index (χ3v) is 6.92. The number of carbonyl (C=O) groups is 2. The van der Waals surface area contributed by atoms with Gasteiger partial charge in [0.15, 0.2) is 0 Å². The van der Waals surface area contributed by atoms with Gasteiger partial charge in [-0.25, -0.2) is 0 Å². The second-order valence-electron chi connectivity index (χ2n) is 8.33. The third kappa shape index (κ3) is 4.57. The van der Waals surface area contributed by atoms with E-state index in [1.165, 1.54) is 25.7 Å². The first-order valence-electron chi connectivity index (χ1n) is 10.5. The normalized spacial score (nSPS) is 30.9. The second kappa shape index (κ2) is 9.59. The highest BCUT2D eigenvalue weighted by molar-refractivity contribution is 5.78. The Labute approximate surface area is 152 Å². The zero-order valence-corrected chi connectivity index (χ0v) is 15.8. The van der Waals surface area contributed by atoms with E-state index >= 15 is 0 Å². The van der Waals surface area contributed by atoms with Crippen LogP contribution in [0.2, 0.25) is 0 Å². The highest BCUT2D eigenvalue weighted by Gasteiger charge is 2.56. The van der Waals surface area contributed by atoms with Gasteiger partial charge in [-0.05, 0) is 43.9 Å². The molecule has 4 heteroatoms. The van der Waals surface area contributed by atoms with Crippen LogP contribution in [0, 0.1) is 23.2 Å². The summed E-state index contributed by atoms with van der Waals surface area (Å²) in [6, 6.07) is 0. The van der Waals surface area contributed by atoms with Crippen LogP contribution in [-0.2, 0) is 9.59 Å². The zero-order valence-electron chi connectivity index (χ0n) is 15.8. The van der Waals surface area contributed by atoms with Crippen LogP contribution in [0.1, 0.15) is 96.8 Å². The van der Waals surface area contributed by atoms with Crippen LogP contribution in [0.3, 0.4) is 0 Å². The van der Waals surface area contributed by atoms with Crippen LogP contribution in [-0.4, -0.2) is 22.2 Å². The molecule has 0 amide bonds. The average Bonchev–Trinajstić information content (AvgIpc) is 2.61. The van der Waals surface area contributed by atoms with E-state index in [4.69, 9.17) is 0 Å².